The van der Waals surface area contributed by atoms with E-state index in [1.165, 1.54) is 0 Å². The minimum Gasteiger partial charge on any atom is -0.384 e. The molecule has 0 aromatic heterocycles. The third-order valence-corrected chi connectivity index (χ3v) is 2.53. The van der Waals surface area contributed by atoms with Crippen LogP contribution in [-0.2, 0) is 0 Å². The molecule has 4 heteroatoms. The molecule has 102 valence electrons. The van der Waals surface area contributed by atoms with Gasteiger partial charge in [0.05, 0.1) is 0 Å². The Morgan fingerprint density at radius 2 is 2.00 bits per heavy atom. The predicted octanol–water partition coefficient (Wildman–Crippen LogP) is 0.712. The molecule has 0 bridgehead atoms. The van der Waals surface area contributed by atoms with Crippen molar-refractivity contribution < 1.29 is 9.90 Å². The van der Waals surface area contributed by atoms with Gasteiger partial charge in [0.25, 0.3) is 5.91 Å². The van der Waals surface area contributed by atoms with Gasteiger partial charge in [-0.3, -0.25) is 4.79 Å². The topological polar surface area (TPSA) is 52.6 Å². The van der Waals surface area contributed by atoms with Gasteiger partial charge in [0.15, 0.2) is 0 Å². The van der Waals surface area contributed by atoms with Crippen molar-refractivity contribution in [2.24, 2.45) is 0 Å². The van der Waals surface area contributed by atoms with E-state index in [2.05, 4.69) is 22.1 Å². The smallest absolute Gasteiger partial charge is 0.251 e. The highest BCUT2D eigenvalue weighted by molar-refractivity contribution is 5.94. The molecule has 4 nitrogen and oxygen atoms in total. The van der Waals surface area contributed by atoms with Crippen LogP contribution in [0.3, 0.4) is 0 Å². The molecule has 0 saturated carbocycles. The molecule has 1 amide bonds. The van der Waals surface area contributed by atoms with Crippen molar-refractivity contribution in [1.29, 1.82) is 0 Å². The summed E-state index contributed by atoms with van der Waals surface area (Å²) in [4.78, 5) is 13.9. The quantitative estimate of drug-likeness (QED) is 0.605. The molecule has 0 heterocycles. The Labute approximate surface area is 114 Å². The number of carbonyl (C=O) groups is 1. The van der Waals surface area contributed by atoms with E-state index in [4.69, 9.17) is 5.11 Å². The van der Waals surface area contributed by atoms with Crippen LogP contribution in [0.1, 0.15) is 22.3 Å². The average molecular weight is 260 g/mol. The van der Waals surface area contributed by atoms with Gasteiger partial charge in [-0.15, -0.1) is 0 Å². The van der Waals surface area contributed by atoms with Crippen LogP contribution in [0.25, 0.3) is 0 Å². The highest BCUT2D eigenvalue weighted by atomic mass is 16.2. The lowest BCUT2D eigenvalue weighted by Crippen LogP contribution is -2.27. The average Bonchev–Trinajstić information content (AvgIpc) is 2.41. The summed E-state index contributed by atoms with van der Waals surface area (Å²) in [6.07, 6.45) is 0.929. The van der Waals surface area contributed by atoms with Crippen molar-refractivity contribution >= 4 is 5.91 Å². The zero-order valence-corrected chi connectivity index (χ0v) is 11.4. The van der Waals surface area contributed by atoms with Crippen molar-refractivity contribution in [3.05, 3.63) is 35.4 Å². The number of hydrogen-bond acceptors (Lipinski definition) is 3. The molecule has 0 aliphatic heterocycles. The number of rotatable bonds is 5. The Balaban J connectivity index is 2.44. The van der Waals surface area contributed by atoms with Crippen LogP contribution in [-0.4, -0.2) is 49.7 Å². The SMILES string of the molecule is CN(C)CCCNC(=O)c1ccc(C#CCO)cc1. The summed E-state index contributed by atoms with van der Waals surface area (Å²) in [5, 5.41) is 11.5. The normalized spacial score (nSPS) is 9.89. The minimum atomic E-state index is -0.159. The van der Waals surface area contributed by atoms with Crippen LogP contribution >= 0.6 is 0 Å². The van der Waals surface area contributed by atoms with Crippen LogP contribution in [0.2, 0.25) is 0 Å². The summed E-state index contributed by atoms with van der Waals surface area (Å²) < 4.78 is 0. The number of carbonyl (C=O) groups excluding carboxylic acids is 1. The lowest BCUT2D eigenvalue weighted by atomic mass is 10.1. The van der Waals surface area contributed by atoms with Crippen LogP contribution in [0.4, 0.5) is 0 Å². The van der Waals surface area contributed by atoms with Gasteiger partial charge in [0.2, 0.25) is 0 Å². The number of hydrogen-bond donors (Lipinski definition) is 2. The second-order valence-corrected chi connectivity index (χ2v) is 4.45. The molecule has 0 unspecified atom stereocenters. The lowest BCUT2D eigenvalue weighted by molar-refractivity contribution is 0.0952. The van der Waals surface area contributed by atoms with Gasteiger partial charge < -0.3 is 15.3 Å². The first kappa shape index (κ1) is 15.2. The molecule has 0 atom stereocenters. The predicted molar refractivity (Wildman–Crippen MR) is 75.9 cm³/mol. The van der Waals surface area contributed by atoms with Crippen LogP contribution in [0.5, 0.6) is 0 Å². The van der Waals surface area contributed by atoms with Gasteiger partial charge in [0.1, 0.15) is 6.61 Å². The van der Waals surface area contributed by atoms with Crippen LogP contribution in [0, 0.1) is 11.8 Å². The molecular weight excluding hydrogens is 240 g/mol. The lowest BCUT2D eigenvalue weighted by Gasteiger charge is -2.09. The molecule has 0 aliphatic carbocycles. The van der Waals surface area contributed by atoms with Crippen LogP contribution < -0.4 is 5.32 Å². The van der Waals surface area contributed by atoms with E-state index in [-0.39, 0.29) is 12.5 Å². The fraction of sp³-hybridized carbons (Fsp3) is 0.400. The van der Waals surface area contributed by atoms with Gasteiger partial charge in [-0.1, -0.05) is 11.8 Å². The Hall–Kier alpha value is -1.83. The maximum absolute atomic E-state index is 11.8. The fourth-order valence-corrected chi connectivity index (χ4v) is 1.55. The summed E-state index contributed by atoms with van der Waals surface area (Å²) in [7, 11) is 4.02. The number of aliphatic hydroxyl groups is 1. The van der Waals surface area contributed by atoms with E-state index in [0.29, 0.717) is 12.1 Å². The van der Waals surface area contributed by atoms with Gasteiger partial charge in [-0.05, 0) is 51.3 Å². The van der Waals surface area contributed by atoms with E-state index >= 15 is 0 Å². The summed E-state index contributed by atoms with van der Waals surface area (Å²) >= 11 is 0. The second kappa shape index (κ2) is 8.30. The first-order valence-corrected chi connectivity index (χ1v) is 6.26. The second-order valence-electron chi connectivity index (χ2n) is 4.45. The summed E-state index contributed by atoms with van der Waals surface area (Å²) in [5.41, 5.74) is 1.41. The van der Waals surface area contributed by atoms with E-state index in [1.54, 1.807) is 24.3 Å². The number of nitrogens with one attached hydrogen (secondary N) is 1. The minimum absolute atomic E-state index is 0.0691. The van der Waals surface area contributed by atoms with Crippen molar-refractivity contribution in [2.75, 3.05) is 33.8 Å². The largest absolute Gasteiger partial charge is 0.384 e. The zero-order chi connectivity index (χ0) is 14.1. The molecule has 0 spiro atoms. The summed E-state index contributed by atoms with van der Waals surface area (Å²) in [5.74, 6) is 5.28. The van der Waals surface area contributed by atoms with Gasteiger partial charge in [0, 0.05) is 17.7 Å². The molecule has 19 heavy (non-hydrogen) atoms. The number of amides is 1. The fourth-order valence-electron chi connectivity index (χ4n) is 1.55. The number of aliphatic hydroxyl groups excluding tert-OH is 1. The highest BCUT2D eigenvalue weighted by Gasteiger charge is 2.03. The first-order chi connectivity index (χ1) is 9.13. The van der Waals surface area contributed by atoms with E-state index < -0.39 is 0 Å². The first-order valence-electron chi connectivity index (χ1n) is 6.26. The molecule has 0 aliphatic rings. The molecule has 1 aromatic rings. The third-order valence-electron chi connectivity index (χ3n) is 2.53. The molecule has 0 saturated heterocycles. The Morgan fingerprint density at radius 1 is 1.32 bits per heavy atom. The Morgan fingerprint density at radius 3 is 2.58 bits per heavy atom. The molecule has 2 N–H and O–H groups in total. The number of benzene rings is 1. The van der Waals surface area contributed by atoms with E-state index in [9.17, 15) is 4.79 Å². The Kier molecular flexibility index (Phi) is 6.65. The summed E-state index contributed by atoms with van der Waals surface area (Å²) in [6, 6.07) is 7.03. The molecule has 0 fully saturated rings. The monoisotopic (exact) mass is 260 g/mol. The maximum atomic E-state index is 11.8. The molecule has 1 rings (SSSR count). The highest BCUT2D eigenvalue weighted by Crippen LogP contribution is 2.03. The van der Waals surface area contributed by atoms with Crippen molar-refractivity contribution in [3.63, 3.8) is 0 Å². The molecular formula is C15H20N2O2. The number of nitrogens with zero attached hydrogens (tertiary/aromatic N) is 1. The van der Waals surface area contributed by atoms with Crippen molar-refractivity contribution in [3.8, 4) is 11.8 Å². The third kappa shape index (κ3) is 6.05. The maximum Gasteiger partial charge on any atom is 0.251 e. The zero-order valence-electron chi connectivity index (χ0n) is 11.4. The van der Waals surface area contributed by atoms with Gasteiger partial charge in [-0.2, -0.15) is 0 Å². The molecule has 0 radical (unpaired) electrons. The van der Waals surface area contributed by atoms with Gasteiger partial charge >= 0.3 is 0 Å². The summed E-state index contributed by atoms with van der Waals surface area (Å²) in [6.45, 7) is 1.47. The van der Waals surface area contributed by atoms with Crippen molar-refractivity contribution in [1.82, 2.24) is 10.2 Å². The van der Waals surface area contributed by atoms with Crippen LogP contribution in [0.15, 0.2) is 24.3 Å². The van der Waals surface area contributed by atoms with Gasteiger partial charge in [-0.25, -0.2) is 0 Å². The molecule has 1 aromatic carbocycles. The van der Waals surface area contributed by atoms with E-state index in [0.717, 1.165) is 18.5 Å². The standard InChI is InChI=1S/C15H20N2O2/c1-17(2)11-4-10-16-15(19)14-8-6-13(7-9-14)5-3-12-18/h6-9,18H,4,10-12H2,1-2H3,(H,16,19). The Bertz CT molecular complexity index is 455. The van der Waals surface area contributed by atoms with E-state index in [1.807, 2.05) is 14.1 Å². The van der Waals surface area contributed by atoms with Crippen molar-refractivity contribution in [2.45, 2.75) is 6.42 Å².